The molecule has 0 atom stereocenters. The molecule has 7 heteroatoms. The summed E-state index contributed by atoms with van der Waals surface area (Å²) in [5.41, 5.74) is 2.56. The number of ether oxygens (including phenoxy) is 1. The zero-order valence-corrected chi connectivity index (χ0v) is 18.8. The number of fused-ring (bicyclic) bond motifs is 5. The van der Waals surface area contributed by atoms with Gasteiger partial charge in [-0.25, -0.2) is 0 Å². The van der Waals surface area contributed by atoms with E-state index in [0.29, 0.717) is 5.39 Å². The Morgan fingerprint density at radius 3 is 2.34 bits per heavy atom. The Morgan fingerprint density at radius 2 is 1.72 bits per heavy atom. The Labute approximate surface area is 182 Å². The van der Waals surface area contributed by atoms with Gasteiger partial charge < -0.3 is 4.74 Å². The van der Waals surface area contributed by atoms with Crippen LogP contribution < -0.4 is 4.74 Å². The first kappa shape index (κ1) is 20.4. The number of benzene rings is 3. The number of alkyl halides is 3. The average molecular weight is 528 g/mol. The SMILES string of the molecule is CC(=O)Oc1cc2c(c3ccc(C(F)(F)F)c(Br)c13)-c1cc(Br)ccc1C2(C)C. The zero-order valence-electron chi connectivity index (χ0n) is 15.7. The highest BCUT2D eigenvalue weighted by Gasteiger charge is 2.40. The predicted molar refractivity (Wildman–Crippen MR) is 113 cm³/mol. The summed E-state index contributed by atoms with van der Waals surface area (Å²) in [5, 5.41) is 0.834. The molecule has 0 unspecified atom stereocenters. The molecule has 0 saturated carbocycles. The first-order valence-corrected chi connectivity index (χ1v) is 10.4. The highest BCUT2D eigenvalue weighted by Crippen LogP contribution is 2.55. The van der Waals surface area contributed by atoms with Crippen molar-refractivity contribution < 1.29 is 22.7 Å². The molecule has 0 fully saturated rings. The molecule has 0 aromatic heterocycles. The molecule has 3 aromatic rings. The van der Waals surface area contributed by atoms with E-state index >= 15 is 0 Å². The van der Waals surface area contributed by atoms with Crippen molar-refractivity contribution in [3.63, 3.8) is 0 Å². The number of carbonyl (C=O) groups is 1. The van der Waals surface area contributed by atoms with Crippen molar-refractivity contribution in [1.29, 1.82) is 0 Å². The van der Waals surface area contributed by atoms with Gasteiger partial charge in [-0.1, -0.05) is 41.9 Å². The molecule has 0 radical (unpaired) electrons. The lowest BCUT2D eigenvalue weighted by molar-refractivity contribution is -0.138. The fourth-order valence-electron chi connectivity index (χ4n) is 4.10. The first-order valence-electron chi connectivity index (χ1n) is 8.78. The Bertz CT molecular complexity index is 1200. The van der Waals surface area contributed by atoms with Crippen LogP contribution in [0.5, 0.6) is 5.75 Å². The van der Waals surface area contributed by atoms with Gasteiger partial charge in [0.25, 0.3) is 0 Å². The molecule has 4 rings (SSSR count). The van der Waals surface area contributed by atoms with Crippen LogP contribution in [-0.2, 0) is 16.4 Å². The minimum absolute atomic E-state index is 0.115. The molecule has 3 aromatic carbocycles. The van der Waals surface area contributed by atoms with Crippen molar-refractivity contribution in [2.45, 2.75) is 32.4 Å². The Kier molecular flexibility index (Phi) is 4.63. The van der Waals surface area contributed by atoms with Crippen molar-refractivity contribution in [1.82, 2.24) is 0 Å². The highest BCUT2D eigenvalue weighted by molar-refractivity contribution is 9.11. The summed E-state index contributed by atoms with van der Waals surface area (Å²) < 4.78 is 46.7. The predicted octanol–water partition coefficient (Wildman–Crippen LogP) is 7.62. The smallest absolute Gasteiger partial charge is 0.417 e. The van der Waals surface area contributed by atoms with E-state index in [2.05, 4.69) is 31.9 Å². The summed E-state index contributed by atoms with van der Waals surface area (Å²) in [5.74, 6) is -0.476. The van der Waals surface area contributed by atoms with E-state index in [-0.39, 0.29) is 15.6 Å². The van der Waals surface area contributed by atoms with Gasteiger partial charge in [-0.15, -0.1) is 0 Å². The third-order valence-electron chi connectivity index (χ3n) is 5.36. The van der Waals surface area contributed by atoms with Gasteiger partial charge in [0.2, 0.25) is 0 Å². The molecule has 0 amide bonds. The van der Waals surface area contributed by atoms with Crippen LogP contribution in [0.3, 0.4) is 0 Å². The fourth-order valence-corrected chi connectivity index (χ4v) is 5.22. The van der Waals surface area contributed by atoms with Gasteiger partial charge in [-0.05, 0) is 67.8 Å². The largest absolute Gasteiger partial charge is 0.426 e. The summed E-state index contributed by atoms with van der Waals surface area (Å²) in [7, 11) is 0. The van der Waals surface area contributed by atoms with Gasteiger partial charge in [0.15, 0.2) is 0 Å². The van der Waals surface area contributed by atoms with Crippen LogP contribution in [0.2, 0.25) is 0 Å². The Balaban J connectivity index is 2.19. The lowest BCUT2D eigenvalue weighted by Gasteiger charge is -2.23. The zero-order chi connectivity index (χ0) is 21.3. The molecule has 2 nitrogen and oxygen atoms in total. The number of carbonyl (C=O) groups excluding carboxylic acids is 1. The Hall–Kier alpha value is -1.86. The topological polar surface area (TPSA) is 26.3 Å². The van der Waals surface area contributed by atoms with Crippen LogP contribution in [0.1, 0.15) is 37.5 Å². The molecule has 0 bridgehead atoms. The van der Waals surface area contributed by atoms with Gasteiger partial charge in [0.05, 0.1) is 5.56 Å². The van der Waals surface area contributed by atoms with Crippen LogP contribution in [0.25, 0.3) is 21.9 Å². The van der Waals surface area contributed by atoms with E-state index in [0.717, 1.165) is 32.8 Å². The lowest BCUT2D eigenvalue weighted by Crippen LogP contribution is -2.15. The van der Waals surface area contributed by atoms with E-state index in [9.17, 15) is 18.0 Å². The maximum absolute atomic E-state index is 13.5. The van der Waals surface area contributed by atoms with E-state index < -0.39 is 23.1 Å². The van der Waals surface area contributed by atoms with Crippen LogP contribution in [0.15, 0.2) is 45.3 Å². The summed E-state index contributed by atoms with van der Waals surface area (Å²) in [6, 6.07) is 10.1. The molecule has 0 spiro atoms. The van der Waals surface area contributed by atoms with Gasteiger partial charge in [0.1, 0.15) is 5.75 Å². The van der Waals surface area contributed by atoms with Crippen LogP contribution in [0.4, 0.5) is 13.2 Å². The maximum atomic E-state index is 13.5. The van der Waals surface area contributed by atoms with Gasteiger partial charge in [-0.2, -0.15) is 13.2 Å². The van der Waals surface area contributed by atoms with E-state index in [4.69, 9.17) is 4.74 Å². The first-order chi connectivity index (χ1) is 13.4. The molecule has 0 N–H and O–H groups in total. The van der Waals surface area contributed by atoms with Crippen molar-refractivity contribution in [3.8, 4) is 16.9 Å². The molecular formula is C22H15Br2F3O2. The molecule has 0 heterocycles. The third kappa shape index (κ3) is 3.10. The highest BCUT2D eigenvalue weighted by atomic mass is 79.9. The summed E-state index contributed by atoms with van der Waals surface area (Å²) in [6.07, 6.45) is -4.54. The van der Waals surface area contributed by atoms with Crippen molar-refractivity contribution in [3.05, 3.63) is 62.0 Å². The second kappa shape index (κ2) is 6.57. The fraction of sp³-hybridized carbons (Fsp3) is 0.227. The molecule has 1 aliphatic rings. The number of halogens is 5. The minimum atomic E-state index is -4.54. The van der Waals surface area contributed by atoms with Crippen molar-refractivity contribution in [2.24, 2.45) is 0 Å². The molecular weight excluding hydrogens is 513 g/mol. The van der Waals surface area contributed by atoms with Crippen LogP contribution >= 0.6 is 31.9 Å². The Morgan fingerprint density at radius 1 is 1.03 bits per heavy atom. The molecule has 29 heavy (non-hydrogen) atoms. The molecule has 0 aliphatic heterocycles. The van der Waals surface area contributed by atoms with Gasteiger partial charge >= 0.3 is 12.1 Å². The van der Waals surface area contributed by atoms with Crippen molar-refractivity contribution >= 4 is 48.6 Å². The standard InChI is InChI=1S/C22H15Br2F3O2/c1-10(28)29-17-9-16-18(13-8-11(23)4-6-14(13)21(16,2)3)12-5-7-15(22(25,26)27)20(24)19(12)17/h4-9H,1-3H3. The van der Waals surface area contributed by atoms with E-state index in [1.165, 1.54) is 13.0 Å². The summed E-state index contributed by atoms with van der Waals surface area (Å²) in [6.45, 7) is 5.33. The second-order valence-corrected chi connectivity index (χ2v) is 9.26. The number of hydrogen-bond donors (Lipinski definition) is 0. The second-order valence-electron chi connectivity index (χ2n) is 7.55. The molecule has 1 aliphatic carbocycles. The van der Waals surface area contributed by atoms with Gasteiger partial charge in [0, 0.05) is 26.7 Å². The average Bonchev–Trinajstić information content (AvgIpc) is 2.80. The lowest BCUT2D eigenvalue weighted by atomic mass is 9.82. The van der Waals surface area contributed by atoms with E-state index in [1.54, 1.807) is 6.07 Å². The normalized spacial score (nSPS) is 14.6. The minimum Gasteiger partial charge on any atom is -0.426 e. The summed E-state index contributed by atoms with van der Waals surface area (Å²) >= 11 is 6.62. The summed E-state index contributed by atoms with van der Waals surface area (Å²) in [4.78, 5) is 11.7. The number of hydrogen-bond acceptors (Lipinski definition) is 2. The number of esters is 1. The maximum Gasteiger partial charge on any atom is 0.417 e. The third-order valence-corrected chi connectivity index (χ3v) is 6.68. The number of rotatable bonds is 1. The molecule has 150 valence electrons. The van der Waals surface area contributed by atoms with Crippen LogP contribution in [0, 0.1) is 0 Å². The molecule has 0 saturated heterocycles. The monoisotopic (exact) mass is 526 g/mol. The van der Waals surface area contributed by atoms with Crippen molar-refractivity contribution in [2.75, 3.05) is 0 Å². The van der Waals surface area contributed by atoms with E-state index in [1.807, 2.05) is 32.0 Å². The van der Waals surface area contributed by atoms with Gasteiger partial charge in [-0.3, -0.25) is 4.79 Å². The van der Waals surface area contributed by atoms with Crippen LogP contribution in [-0.4, -0.2) is 5.97 Å². The quantitative estimate of drug-likeness (QED) is 0.240.